The molecule has 0 fully saturated rings. The maximum atomic E-state index is 12.0. The lowest BCUT2D eigenvalue weighted by molar-refractivity contribution is -0.136. The van der Waals surface area contributed by atoms with Gasteiger partial charge in [0.1, 0.15) is 10.5 Å². The number of aliphatic carboxylic acids is 1. The van der Waals surface area contributed by atoms with E-state index in [1.807, 2.05) is 6.07 Å². The molecular weight excluding hydrogens is 266 g/mol. The number of amides is 1. The predicted molar refractivity (Wildman–Crippen MR) is 74.4 cm³/mol. The van der Waals surface area contributed by atoms with Crippen molar-refractivity contribution in [1.82, 2.24) is 0 Å². The van der Waals surface area contributed by atoms with Crippen molar-refractivity contribution in [2.75, 3.05) is 5.32 Å². The lowest BCUT2D eigenvalue weighted by Gasteiger charge is -2.16. The Morgan fingerprint density at radius 2 is 1.89 bits per heavy atom. The molecule has 0 aliphatic heterocycles. The number of rotatable bonds is 6. The van der Waals surface area contributed by atoms with Gasteiger partial charge in [-0.2, -0.15) is 0 Å². The summed E-state index contributed by atoms with van der Waals surface area (Å²) in [5.74, 6) is -1.58. The smallest absolute Gasteiger partial charge is 0.319 e. The first-order valence-corrected chi connectivity index (χ1v) is 7.23. The molecule has 0 heterocycles. The number of anilines is 1. The molecule has 0 saturated heterocycles. The first kappa shape index (κ1) is 15.4. The molecule has 2 N–H and O–H groups in total. The Hall–Kier alpha value is -1.69. The van der Waals surface area contributed by atoms with E-state index >= 15 is 0 Å². The van der Waals surface area contributed by atoms with Crippen LogP contribution in [0.1, 0.15) is 20.3 Å². The number of hydrogen-bond acceptors (Lipinski definition) is 3. The van der Waals surface area contributed by atoms with Crippen molar-refractivity contribution in [3.8, 4) is 0 Å². The van der Waals surface area contributed by atoms with Gasteiger partial charge in [0, 0.05) is 16.5 Å². The maximum absolute atomic E-state index is 12.0. The van der Waals surface area contributed by atoms with Gasteiger partial charge >= 0.3 is 5.97 Å². The van der Waals surface area contributed by atoms with Gasteiger partial charge in [0.15, 0.2) is 0 Å². The van der Waals surface area contributed by atoms with Gasteiger partial charge in [-0.3, -0.25) is 13.8 Å². The van der Waals surface area contributed by atoms with Gasteiger partial charge in [-0.25, -0.2) is 0 Å². The fourth-order valence-corrected chi connectivity index (χ4v) is 2.85. The van der Waals surface area contributed by atoms with Crippen LogP contribution in [0.2, 0.25) is 0 Å². The lowest BCUT2D eigenvalue weighted by atomic mass is 10.3. The molecule has 6 heteroatoms. The molecule has 19 heavy (non-hydrogen) atoms. The fourth-order valence-electron chi connectivity index (χ4n) is 1.56. The van der Waals surface area contributed by atoms with Gasteiger partial charge in [-0.1, -0.05) is 25.1 Å². The second-order valence-corrected chi connectivity index (χ2v) is 5.99. The number of nitrogens with one attached hydrogen (secondary N) is 1. The van der Waals surface area contributed by atoms with Crippen molar-refractivity contribution in [2.45, 2.75) is 30.8 Å². The quantitative estimate of drug-likeness (QED) is 0.831. The molecule has 0 bridgehead atoms. The number of carbonyl (C=O) groups excluding carboxylic acids is 1. The predicted octanol–water partition coefficient (Wildman–Crippen LogP) is 1.63. The highest BCUT2D eigenvalue weighted by Crippen LogP contribution is 2.12. The molecule has 0 saturated carbocycles. The van der Waals surface area contributed by atoms with Gasteiger partial charge < -0.3 is 10.4 Å². The van der Waals surface area contributed by atoms with Crippen LogP contribution in [-0.2, 0) is 20.4 Å². The number of carboxylic acid groups (broad SMARTS) is 1. The Bertz CT molecular complexity index is 475. The molecule has 0 radical (unpaired) electrons. The molecule has 1 aromatic carbocycles. The Morgan fingerprint density at radius 1 is 1.32 bits per heavy atom. The summed E-state index contributed by atoms with van der Waals surface area (Å²) in [4.78, 5) is 22.8. The van der Waals surface area contributed by atoms with Crippen LogP contribution in [0, 0.1) is 0 Å². The van der Waals surface area contributed by atoms with E-state index in [-0.39, 0.29) is 6.42 Å². The third-order valence-corrected chi connectivity index (χ3v) is 4.69. The Labute approximate surface area is 114 Å². The highest BCUT2D eigenvalue weighted by atomic mass is 32.2. The molecule has 3 unspecified atom stereocenters. The second kappa shape index (κ2) is 7.04. The highest BCUT2D eigenvalue weighted by Gasteiger charge is 2.30. The molecular formula is C13H17NO4S. The summed E-state index contributed by atoms with van der Waals surface area (Å²) >= 11 is 0. The number of para-hydroxylation sites is 1. The minimum atomic E-state index is -1.75. The number of carboxylic acids is 1. The van der Waals surface area contributed by atoms with Gasteiger partial charge in [-0.05, 0) is 25.5 Å². The van der Waals surface area contributed by atoms with E-state index in [9.17, 15) is 13.8 Å². The average molecular weight is 283 g/mol. The van der Waals surface area contributed by atoms with Crippen molar-refractivity contribution in [2.24, 2.45) is 0 Å². The molecule has 1 aromatic rings. The van der Waals surface area contributed by atoms with E-state index in [0.717, 1.165) is 0 Å². The monoisotopic (exact) mass is 283 g/mol. The molecule has 3 atom stereocenters. The van der Waals surface area contributed by atoms with E-state index < -0.39 is 33.2 Å². The normalized spacial score (nSPS) is 15.3. The molecule has 0 aliphatic rings. The van der Waals surface area contributed by atoms with Crippen LogP contribution in [0.4, 0.5) is 5.69 Å². The molecule has 5 nitrogen and oxygen atoms in total. The van der Waals surface area contributed by atoms with Crippen molar-refractivity contribution in [3.63, 3.8) is 0 Å². The zero-order chi connectivity index (χ0) is 14.4. The van der Waals surface area contributed by atoms with Crippen molar-refractivity contribution >= 4 is 28.4 Å². The molecule has 104 valence electrons. The summed E-state index contributed by atoms with van der Waals surface area (Å²) in [6.45, 7) is 3.11. The van der Waals surface area contributed by atoms with Crippen molar-refractivity contribution in [1.29, 1.82) is 0 Å². The van der Waals surface area contributed by atoms with Crippen LogP contribution in [-0.4, -0.2) is 31.7 Å². The highest BCUT2D eigenvalue weighted by molar-refractivity contribution is 7.87. The zero-order valence-electron chi connectivity index (χ0n) is 10.8. The first-order chi connectivity index (χ1) is 8.97. The molecule has 0 aromatic heterocycles. The number of hydrogen-bond donors (Lipinski definition) is 2. The Morgan fingerprint density at radius 3 is 2.37 bits per heavy atom. The molecule has 1 rings (SSSR count). The second-order valence-electron chi connectivity index (χ2n) is 4.06. The third kappa shape index (κ3) is 4.17. The Balaban J connectivity index is 2.71. The minimum Gasteiger partial charge on any atom is -0.480 e. The van der Waals surface area contributed by atoms with Gasteiger partial charge in [0.25, 0.3) is 0 Å². The van der Waals surface area contributed by atoms with Crippen LogP contribution in [0.3, 0.4) is 0 Å². The number of carbonyl (C=O) groups is 2. The van der Waals surface area contributed by atoms with Crippen molar-refractivity contribution < 1.29 is 18.9 Å². The van der Waals surface area contributed by atoms with Crippen LogP contribution in [0.5, 0.6) is 0 Å². The average Bonchev–Trinajstić information content (AvgIpc) is 2.39. The summed E-state index contributed by atoms with van der Waals surface area (Å²) < 4.78 is 12.0. The van der Waals surface area contributed by atoms with E-state index in [0.29, 0.717) is 5.69 Å². The number of benzene rings is 1. The van der Waals surface area contributed by atoms with E-state index in [1.54, 1.807) is 31.2 Å². The molecule has 1 amide bonds. The first-order valence-electron chi connectivity index (χ1n) is 5.95. The van der Waals surface area contributed by atoms with Crippen molar-refractivity contribution in [3.05, 3.63) is 30.3 Å². The van der Waals surface area contributed by atoms with E-state index in [2.05, 4.69) is 5.32 Å². The SMILES string of the molecule is CCC(C(=O)O)S(=O)C(C)C(=O)Nc1ccccc1. The van der Waals surface area contributed by atoms with Gasteiger partial charge in [-0.15, -0.1) is 0 Å². The van der Waals surface area contributed by atoms with E-state index in [1.165, 1.54) is 6.92 Å². The summed E-state index contributed by atoms with van der Waals surface area (Å²) in [5, 5.41) is 9.66. The van der Waals surface area contributed by atoms with E-state index in [4.69, 9.17) is 5.11 Å². The largest absolute Gasteiger partial charge is 0.480 e. The minimum absolute atomic E-state index is 0.227. The zero-order valence-corrected chi connectivity index (χ0v) is 11.6. The van der Waals surface area contributed by atoms with Crippen LogP contribution >= 0.6 is 0 Å². The standard InChI is InChI=1S/C13H17NO4S/c1-3-11(13(16)17)19(18)9(2)12(15)14-10-7-5-4-6-8-10/h4-9,11H,3H2,1-2H3,(H,14,15)(H,16,17). The summed E-state index contributed by atoms with van der Waals surface area (Å²) in [6, 6.07) is 8.77. The lowest BCUT2D eigenvalue weighted by Crippen LogP contribution is -2.37. The summed E-state index contributed by atoms with van der Waals surface area (Å²) in [5.41, 5.74) is 0.597. The Kier molecular flexibility index (Phi) is 5.69. The summed E-state index contributed by atoms with van der Waals surface area (Å²) in [6.07, 6.45) is 0.227. The van der Waals surface area contributed by atoms with Crippen LogP contribution < -0.4 is 5.32 Å². The molecule has 0 aliphatic carbocycles. The third-order valence-electron chi connectivity index (χ3n) is 2.69. The summed E-state index contributed by atoms with van der Waals surface area (Å²) in [7, 11) is -1.75. The topological polar surface area (TPSA) is 83.5 Å². The maximum Gasteiger partial charge on any atom is 0.319 e. The van der Waals surface area contributed by atoms with Gasteiger partial charge in [0.05, 0.1) is 0 Å². The fraction of sp³-hybridized carbons (Fsp3) is 0.385. The van der Waals surface area contributed by atoms with Crippen LogP contribution in [0.25, 0.3) is 0 Å². The van der Waals surface area contributed by atoms with Crippen LogP contribution in [0.15, 0.2) is 30.3 Å². The van der Waals surface area contributed by atoms with Gasteiger partial charge in [0.2, 0.25) is 5.91 Å². The molecule has 0 spiro atoms.